The number of hydrogen-bond acceptors (Lipinski definition) is 6. The van der Waals surface area contributed by atoms with E-state index in [1.54, 1.807) is 35.7 Å². The summed E-state index contributed by atoms with van der Waals surface area (Å²) >= 11 is 1.23. The Balaban J connectivity index is 1.97. The lowest BCUT2D eigenvalue weighted by Gasteiger charge is -2.13. The number of nitrogens with one attached hydrogen (secondary N) is 1. The van der Waals surface area contributed by atoms with Crippen LogP contribution in [0.15, 0.2) is 35.7 Å². The number of nitriles is 1. The van der Waals surface area contributed by atoms with Gasteiger partial charge in [-0.15, -0.1) is 11.3 Å². The van der Waals surface area contributed by atoms with Gasteiger partial charge in [0.05, 0.1) is 18.2 Å². The van der Waals surface area contributed by atoms with Gasteiger partial charge in [-0.3, -0.25) is 4.79 Å². The molecule has 0 aliphatic heterocycles. The third-order valence-electron chi connectivity index (χ3n) is 3.00. The molecule has 23 heavy (non-hydrogen) atoms. The molecule has 0 fully saturated rings. The molecule has 0 bridgehead atoms. The van der Waals surface area contributed by atoms with Crippen LogP contribution in [-0.2, 0) is 9.53 Å². The van der Waals surface area contributed by atoms with Crippen molar-refractivity contribution in [2.24, 2.45) is 0 Å². The number of hydrogen-bond donors (Lipinski definition) is 1. The smallest absolute Gasteiger partial charge is 0.338 e. The summed E-state index contributed by atoms with van der Waals surface area (Å²) in [6.45, 7) is 1.47. The third-order valence-corrected chi connectivity index (χ3v) is 3.83. The van der Waals surface area contributed by atoms with Gasteiger partial charge < -0.3 is 14.8 Å². The van der Waals surface area contributed by atoms with E-state index in [-0.39, 0.29) is 0 Å². The maximum Gasteiger partial charge on any atom is 0.338 e. The van der Waals surface area contributed by atoms with Gasteiger partial charge in [-0.05, 0) is 42.6 Å². The Morgan fingerprint density at radius 3 is 2.57 bits per heavy atom. The van der Waals surface area contributed by atoms with Crippen LogP contribution < -0.4 is 10.1 Å². The molecule has 2 rings (SSSR count). The lowest BCUT2D eigenvalue weighted by atomic mass is 10.2. The summed E-state index contributed by atoms with van der Waals surface area (Å²) in [6, 6.07) is 9.95. The van der Waals surface area contributed by atoms with Crippen molar-refractivity contribution >= 4 is 28.2 Å². The molecule has 1 aromatic heterocycles. The first-order chi connectivity index (χ1) is 11.0. The molecular weight excluding hydrogens is 316 g/mol. The number of esters is 1. The number of carbonyl (C=O) groups excluding carboxylic acids is 2. The van der Waals surface area contributed by atoms with Gasteiger partial charge in [0.15, 0.2) is 6.10 Å². The Bertz CT molecular complexity index is 746. The minimum atomic E-state index is -0.988. The van der Waals surface area contributed by atoms with E-state index in [4.69, 9.17) is 14.7 Å². The minimum absolute atomic E-state index is 0.319. The molecule has 6 nitrogen and oxygen atoms in total. The highest BCUT2D eigenvalue weighted by atomic mass is 32.1. The van der Waals surface area contributed by atoms with Crippen molar-refractivity contribution in [2.45, 2.75) is 13.0 Å². The van der Waals surface area contributed by atoms with Gasteiger partial charge in [-0.1, -0.05) is 0 Å². The van der Waals surface area contributed by atoms with Crippen LogP contribution in [0.25, 0.3) is 0 Å². The van der Waals surface area contributed by atoms with Gasteiger partial charge in [0, 0.05) is 0 Å². The lowest BCUT2D eigenvalue weighted by molar-refractivity contribution is -0.123. The topological polar surface area (TPSA) is 88.4 Å². The van der Waals surface area contributed by atoms with Crippen molar-refractivity contribution in [3.05, 3.63) is 46.8 Å². The summed E-state index contributed by atoms with van der Waals surface area (Å²) in [4.78, 5) is 24.0. The number of nitrogens with zero attached hydrogens (tertiary/aromatic N) is 1. The zero-order chi connectivity index (χ0) is 16.8. The van der Waals surface area contributed by atoms with Crippen LogP contribution in [0, 0.1) is 11.3 Å². The van der Waals surface area contributed by atoms with Gasteiger partial charge in [-0.2, -0.15) is 5.26 Å². The number of amides is 1. The molecular formula is C16H14N2O4S. The van der Waals surface area contributed by atoms with Crippen LogP contribution in [0.1, 0.15) is 22.8 Å². The van der Waals surface area contributed by atoms with Crippen LogP contribution >= 0.6 is 11.3 Å². The van der Waals surface area contributed by atoms with E-state index in [0.717, 1.165) is 0 Å². The van der Waals surface area contributed by atoms with E-state index in [2.05, 4.69) is 5.32 Å². The van der Waals surface area contributed by atoms with Gasteiger partial charge in [0.1, 0.15) is 16.8 Å². The maximum absolute atomic E-state index is 12.0. The fourth-order valence-electron chi connectivity index (χ4n) is 1.72. The molecule has 1 heterocycles. The predicted octanol–water partition coefficient (Wildman–Crippen LogP) is 2.81. The zero-order valence-electron chi connectivity index (χ0n) is 12.5. The quantitative estimate of drug-likeness (QED) is 0.852. The van der Waals surface area contributed by atoms with Gasteiger partial charge in [0.2, 0.25) is 0 Å². The Hall–Kier alpha value is -2.85. The predicted molar refractivity (Wildman–Crippen MR) is 85.5 cm³/mol. The minimum Gasteiger partial charge on any atom is -0.497 e. The van der Waals surface area contributed by atoms with Crippen molar-refractivity contribution in [1.29, 1.82) is 5.26 Å². The SMILES string of the molecule is COc1ccc(C(=O)OC(C)C(=O)Nc2sccc2C#N)cc1. The molecule has 0 radical (unpaired) electrons. The van der Waals surface area contributed by atoms with Crippen molar-refractivity contribution in [3.8, 4) is 11.8 Å². The Kier molecular flexibility index (Phi) is 5.33. The first-order valence-corrected chi connectivity index (χ1v) is 7.56. The van der Waals surface area contributed by atoms with Crippen LogP contribution in [0.5, 0.6) is 5.75 Å². The molecule has 0 aliphatic rings. The summed E-state index contributed by atoms with van der Waals surface area (Å²) in [7, 11) is 1.53. The van der Waals surface area contributed by atoms with E-state index in [1.165, 1.54) is 25.4 Å². The van der Waals surface area contributed by atoms with Crippen LogP contribution in [0.4, 0.5) is 5.00 Å². The monoisotopic (exact) mass is 330 g/mol. The van der Waals surface area contributed by atoms with Crippen LogP contribution in [0.3, 0.4) is 0 Å². The molecule has 118 valence electrons. The molecule has 0 aliphatic carbocycles. The molecule has 7 heteroatoms. The van der Waals surface area contributed by atoms with E-state index >= 15 is 0 Å². The molecule has 1 amide bonds. The summed E-state index contributed by atoms with van der Waals surface area (Å²) < 4.78 is 10.1. The molecule has 0 saturated carbocycles. The second-order valence-electron chi connectivity index (χ2n) is 4.54. The van der Waals surface area contributed by atoms with Crippen molar-refractivity contribution in [2.75, 3.05) is 12.4 Å². The van der Waals surface area contributed by atoms with Gasteiger partial charge in [-0.25, -0.2) is 4.79 Å². The van der Waals surface area contributed by atoms with Crippen molar-refractivity contribution in [3.63, 3.8) is 0 Å². The Morgan fingerprint density at radius 2 is 1.96 bits per heavy atom. The van der Waals surface area contributed by atoms with Gasteiger partial charge in [0.25, 0.3) is 5.91 Å². The highest BCUT2D eigenvalue weighted by molar-refractivity contribution is 7.14. The third kappa shape index (κ3) is 4.08. The fraction of sp³-hybridized carbons (Fsp3) is 0.188. The molecule has 1 N–H and O–H groups in total. The summed E-state index contributed by atoms with van der Waals surface area (Å²) in [5.41, 5.74) is 0.691. The van der Waals surface area contributed by atoms with Crippen molar-refractivity contribution < 1.29 is 19.1 Å². The van der Waals surface area contributed by atoms with E-state index in [9.17, 15) is 9.59 Å². The largest absolute Gasteiger partial charge is 0.497 e. The molecule has 1 aromatic carbocycles. The number of benzene rings is 1. The first-order valence-electron chi connectivity index (χ1n) is 6.68. The van der Waals surface area contributed by atoms with Crippen LogP contribution in [-0.4, -0.2) is 25.1 Å². The molecule has 0 spiro atoms. The van der Waals surface area contributed by atoms with Crippen molar-refractivity contribution in [1.82, 2.24) is 0 Å². The number of carbonyl (C=O) groups is 2. The number of rotatable bonds is 5. The zero-order valence-corrected chi connectivity index (χ0v) is 13.3. The number of anilines is 1. The highest BCUT2D eigenvalue weighted by Gasteiger charge is 2.20. The molecule has 2 aromatic rings. The maximum atomic E-state index is 12.0. The molecule has 1 unspecified atom stereocenters. The second-order valence-corrected chi connectivity index (χ2v) is 5.46. The van der Waals surface area contributed by atoms with Crippen LogP contribution in [0.2, 0.25) is 0 Å². The number of thiophene rings is 1. The normalized spacial score (nSPS) is 11.2. The summed E-state index contributed by atoms with van der Waals surface area (Å²) in [5.74, 6) is -0.484. The van der Waals surface area contributed by atoms with E-state index in [1.807, 2.05) is 6.07 Å². The Morgan fingerprint density at radius 1 is 1.26 bits per heavy atom. The Labute approximate surface area is 137 Å². The van der Waals surface area contributed by atoms with E-state index in [0.29, 0.717) is 21.9 Å². The molecule has 0 saturated heterocycles. The average molecular weight is 330 g/mol. The standard InChI is InChI=1S/C16H14N2O4S/c1-10(14(19)18-15-12(9-17)7-8-23-15)22-16(20)11-3-5-13(21-2)6-4-11/h3-8,10H,1-2H3,(H,18,19). The fourth-order valence-corrected chi connectivity index (χ4v) is 2.46. The van der Waals surface area contributed by atoms with E-state index < -0.39 is 18.0 Å². The first kappa shape index (κ1) is 16.5. The molecule has 1 atom stereocenters. The second kappa shape index (κ2) is 7.42. The summed E-state index contributed by atoms with van der Waals surface area (Å²) in [6.07, 6.45) is -0.988. The summed E-state index contributed by atoms with van der Waals surface area (Å²) in [5, 5.41) is 13.6. The number of ether oxygens (including phenoxy) is 2. The van der Waals surface area contributed by atoms with Gasteiger partial charge >= 0.3 is 5.97 Å². The average Bonchev–Trinajstić information content (AvgIpc) is 3.01. The highest BCUT2D eigenvalue weighted by Crippen LogP contribution is 2.22. The lowest BCUT2D eigenvalue weighted by Crippen LogP contribution is -2.29. The number of methoxy groups -OCH3 is 1.